The van der Waals surface area contributed by atoms with E-state index in [4.69, 9.17) is 11.6 Å². The molecule has 0 unspecified atom stereocenters. The van der Waals surface area contributed by atoms with E-state index in [1.165, 1.54) is 0 Å². The SMILES string of the molecule is Cc1cc(NC(=O)CCCCNS(=O)(=O)C(C)C)ccc1N1CCC(O)(c2ccc(Cl)cc2)CC1. The van der Waals surface area contributed by atoms with Crippen LogP contribution in [-0.4, -0.2) is 44.3 Å². The Kier molecular flexibility index (Phi) is 9.21. The number of sulfonamides is 1. The number of unbranched alkanes of at least 4 members (excludes halogenated alkanes) is 1. The molecule has 0 atom stereocenters. The minimum absolute atomic E-state index is 0.0881. The highest BCUT2D eigenvalue weighted by Gasteiger charge is 2.34. The van der Waals surface area contributed by atoms with Crippen molar-refractivity contribution >= 4 is 38.9 Å². The fraction of sp³-hybridized carbons (Fsp3) is 0.500. The molecule has 1 aliphatic rings. The number of benzene rings is 2. The Balaban J connectivity index is 1.47. The maximum absolute atomic E-state index is 12.3. The van der Waals surface area contributed by atoms with Gasteiger partial charge >= 0.3 is 0 Å². The Morgan fingerprint density at radius 2 is 1.77 bits per heavy atom. The number of aliphatic hydroxyl groups is 1. The van der Waals surface area contributed by atoms with Crippen molar-refractivity contribution in [2.45, 2.75) is 63.7 Å². The summed E-state index contributed by atoms with van der Waals surface area (Å²) in [6, 6.07) is 13.3. The van der Waals surface area contributed by atoms with Gasteiger partial charge < -0.3 is 15.3 Å². The number of carbonyl (C=O) groups excluding carboxylic acids is 1. The first kappa shape index (κ1) is 27.5. The first-order valence-corrected chi connectivity index (χ1v) is 14.0. The summed E-state index contributed by atoms with van der Waals surface area (Å²) >= 11 is 5.98. The van der Waals surface area contributed by atoms with Crippen LogP contribution in [0, 0.1) is 6.92 Å². The molecule has 35 heavy (non-hydrogen) atoms. The van der Waals surface area contributed by atoms with Crippen LogP contribution >= 0.6 is 11.6 Å². The zero-order valence-corrected chi connectivity index (χ0v) is 22.3. The van der Waals surface area contributed by atoms with Crippen LogP contribution in [0.3, 0.4) is 0 Å². The van der Waals surface area contributed by atoms with Gasteiger partial charge in [-0.3, -0.25) is 4.79 Å². The monoisotopic (exact) mass is 521 g/mol. The Morgan fingerprint density at radius 1 is 1.11 bits per heavy atom. The number of aryl methyl sites for hydroxylation is 1. The Morgan fingerprint density at radius 3 is 2.37 bits per heavy atom. The van der Waals surface area contributed by atoms with Crippen molar-refractivity contribution in [1.29, 1.82) is 0 Å². The lowest BCUT2D eigenvalue weighted by atomic mass is 9.84. The fourth-order valence-corrected chi connectivity index (χ4v) is 5.16. The summed E-state index contributed by atoms with van der Waals surface area (Å²) in [5.74, 6) is -0.0881. The molecule has 0 radical (unpaired) electrons. The van der Waals surface area contributed by atoms with Crippen LogP contribution < -0.4 is 14.9 Å². The van der Waals surface area contributed by atoms with E-state index < -0.39 is 20.9 Å². The van der Waals surface area contributed by atoms with Crippen LogP contribution in [-0.2, 0) is 20.4 Å². The second-order valence-corrected chi connectivity index (χ2v) is 12.3. The highest BCUT2D eigenvalue weighted by molar-refractivity contribution is 7.90. The number of piperidine rings is 1. The van der Waals surface area contributed by atoms with E-state index in [1.54, 1.807) is 13.8 Å². The normalized spacial score (nSPS) is 15.9. The van der Waals surface area contributed by atoms with Gasteiger partial charge in [-0.2, -0.15) is 0 Å². The van der Waals surface area contributed by atoms with Crippen LogP contribution in [0.2, 0.25) is 5.02 Å². The number of hydrogen-bond acceptors (Lipinski definition) is 5. The smallest absolute Gasteiger partial charge is 0.224 e. The third-order valence-corrected chi connectivity index (χ3v) is 8.65. The molecule has 0 aliphatic carbocycles. The van der Waals surface area contributed by atoms with Crippen molar-refractivity contribution in [3.63, 3.8) is 0 Å². The molecule has 7 nitrogen and oxygen atoms in total. The van der Waals surface area contributed by atoms with Gasteiger partial charge in [0.25, 0.3) is 0 Å². The van der Waals surface area contributed by atoms with Crippen LogP contribution in [0.25, 0.3) is 0 Å². The molecular weight excluding hydrogens is 486 g/mol. The summed E-state index contributed by atoms with van der Waals surface area (Å²) in [6.07, 6.45) is 2.79. The van der Waals surface area contributed by atoms with Gasteiger partial charge in [-0.25, -0.2) is 13.1 Å². The molecule has 2 aromatic rings. The van der Waals surface area contributed by atoms with Crippen molar-refractivity contribution in [2.24, 2.45) is 0 Å². The summed E-state index contributed by atoms with van der Waals surface area (Å²) in [4.78, 5) is 14.6. The molecule has 3 rings (SSSR count). The average molecular weight is 522 g/mol. The summed E-state index contributed by atoms with van der Waals surface area (Å²) < 4.78 is 26.0. The van der Waals surface area contributed by atoms with Gasteiger partial charge in [0.2, 0.25) is 15.9 Å². The third-order valence-electron chi connectivity index (χ3n) is 6.55. The molecule has 0 bridgehead atoms. The van der Waals surface area contributed by atoms with Crippen molar-refractivity contribution < 1.29 is 18.3 Å². The molecule has 1 saturated heterocycles. The van der Waals surface area contributed by atoms with Gasteiger partial charge in [-0.1, -0.05) is 23.7 Å². The molecule has 0 spiro atoms. The average Bonchev–Trinajstić information content (AvgIpc) is 2.80. The third kappa shape index (κ3) is 7.43. The summed E-state index contributed by atoms with van der Waals surface area (Å²) in [5.41, 5.74) is 2.94. The zero-order valence-electron chi connectivity index (χ0n) is 20.7. The number of nitrogens with one attached hydrogen (secondary N) is 2. The van der Waals surface area contributed by atoms with Gasteiger partial charge in [-0.15, -0.1) is 0 Å². The van der Waals surface area contributed by atoms with Crippen molar-refractivity contribution in [3.8, 4) is 0 Å². The van der Waals surface area contributed by atoms with E-state index in [2.05, 4.69) is 14.9 Å². The predicted molar refractivity (Wildman–Crippen MR) is 143 cm³/mol. The topological polar surface area (TPSA) is 98.7 Å². The maximum atomic E-state index is 12.3. The first-order chi connectivity index (χ1) is 16.5. The number of rotatable bonds is 10. The molecule has 192 valence electrons. The Hall–Kier alpha value is -2.13. The van der Waals surface area contributed by atoms with Crippen molar-refractivity contribution in [3.05, 3.63) is 58.6 Å². The summed E-state index contributed by atoms with van der Waals surface area (Å²) in [7, 11) is -3.26. The molecule has 0 saturated carbocycles. The lowest BCUT2D eigenvalue weighted by Crippen LogP contribution is -2.42. The Bertz CT molecular complexity index is 1110. The van der Waals surface area contributed by atoms with Crippen LogP contribution in [0.4, 0.5) is 11.4 Å². The molecule has 1 amide bonds. The van der Waals surface area contributed by atoms with Crippen LogP contribution in [0.15, 0.2) is 42.5 Å². The standard InChI is InChI=1S/C26H36ClN3O4S/c1-19(2)35(33,34)28-15-5-4-6-25(31)29-23-11-12-24(20(3)18-23)30-16-13-26(32,14-17-30)21-7-9-22(27)10-8-21/h7-12,18-19,28,32H,4-6,13-17H2,1-3H3,(H,29,31). The van der Waals surface area contributed by atoms with E-state index in [1.807, 2.05) is 49.4 Å². The largest absolute Gasteiger partial charge is 0.385 e. The number of carbonyl (C=O) groups is 1. The van der Waals surface area contributed by atoms with E-state index in [0.717, 1.165) is 35.6 Å². The van der Waals surface area contributed by atoms with E-state index in [9.17, 15) is 18.3 Å². The quantitative estimate of drug-likeness (QED) is 0.398. The molecule has 1 fully saturated rings. The number of hydrogen-bond donors (Lipinski definition) is 3. The van der Waals surface area contributed by atoms with Gasteiger partial charge in [-0.05, 0) is 87.9 Å². The van der Waals surface area contributed by atoms with Gasteiger partial charge in [0.15, 0.2) is 0 Å². The summed E-state index contributed by atoms with van der Waals surface area (Å²) in [5, 5.41) is 14.3. The second-order valence-electron chi connectivity index (χ2n) is 9.52. The molecule has 1 aliphatic heterocycles. The molecule has 0 aromatic heterocycles. The Labute approximate surface area is 213 Å². The first-order valence-electron chi connectivity index (χ1n) is 12.1. The molecule has 9 heteroatoms. The van der Waals surface area contributed by atoms with E-state index in [0.29, 0.717) is 43.7 Å². The molecular formula is C26H36ClN3O4S. The van der Waals surface area contributed by atoms with Crippen molar-refractivity contribution in [1.82, 2.24) is 4.72 Å². The van der Waals surface area contributed by atoms with E-state index in [-0.39, 0.29) is 5.91 Å². The highest BCUT2D eigenvalue weighted by Crippen LogP contribution is 2.36. The molecule has 3 N–H and O–H groups in total. The summed E-state index contributed by atoms with van der Waals surface area (Å²) in [6.45, 7) is 7.08. The molecule has 2 aromatic carbocycles. The maximum Gasteiger partial charge on any atom is 0.224 e. The zero-order chi connectivity index (χ0) is 25.6. The fourth-order valence-electron chi connectivity index (χ4n) is 4.27. The van der Waals surface area contributed by atoms with Crippen LogP contribution in [0.1, 0.15) is 57.1 Å². The lowest BCUT2D eigenvalue weighted by Gasteiger charge is -2.40. The number of amides is 1. The van der Waals surface area contributed by atoms with Gasteiger partial charge in [0.05, 0.1) is 10.9 Å². The minimum Gasteiger partial charge on any atom is -0.385 e. The van der Waals surface area contributed by atoms with E-state index >= 15 is 0 Å². The highest BCUT2D eigenvalue weighted by atomic mass is 35.5. The van der Waals surface area contributed by atoms with Crippen molar-refractivity contribution in [2.75, 3.05) is 29.9 Å². The predicted octanol–water partition coefficient (Wildman–Crippen LogP) is 4.57. The number of anilines is 2. The number of halogens is 1. The lowest BCUT2D eigenvalue weighted by molar-refractivity contribution is -0.116. The number of nitrogens with zero attached hydrogens (tertiary/aromatic N) is 1. The second kappa shape index (κ2) is 11.7. The van der Waals surface area contributed by atoms with Gasteiger partial charge in [0, 0.05) is 42.5 Å². The minimum atomic E-state index is -3.26. The van der Waals surface area contributed by atoms with Gasteiger partial charge in [0.1, 0.15) is 0 Å². The molecule has 1 heterocycles. The van der Waals surface area contributed by atoms with Crippen LogP contribution in [0.5, 0.6) is 0 Å².